The van der Waals surface area contributed by atoms with Crippen LogP contribution in [0.5, 0.6) is 0 Å². The van der Waals surface area contributed by atoms with Gasteiger partial charge in [0.05, 0.1) is 18.8 Å². The molecular weight excluding hydrogens is 807 g/mol. The SMILES string of the molecule is CC/C=C\C/C=C\C/C=C\C/C=C\C/C=C\C/C=C\C/C=C\CCCCCCCCCC(=O)NC(CO)C(O)CCCCCCCCCCCCCCCCCCCCCCCCCCC. The highest BCUT2D eigenvalue weighted by Crippen LogP contribution is 2.17. The van der Waals surface area contributed by atoms with Gasteiger partial charge in [0.25, 0.3) is 0 Å². The van der Waals surface area contributed by atoms with Crippen molar-refractivity contribution in [3.8, 4) is 0 Å². The van der Waals surface area contributed by atoms with Crippen LogP contribution in [0, 0.1) is 0 Å². The fourth-order valence-corrected chi connectivity index (χ4v) is 8.58. The number of carbonyl (C=O) groups is 1. The molecule has 0 bridgehead atoms. The Morgan fingerprint density at radius 3 is 1.00 bits per heavy atom. The van der Waals surface area contributed by atoms with E-state index in [0.29, 0.717) is 12.8 Å². The van der Waals surface area contributed by atoms with Gasteiger partial charge in [-0.15, -0.1) is 0 Å². The van der Waals surface area contributed by atoms with Gasteiger partial charge < -0.3 is 15.5 Å². The summed E-state index contributed by atoms with van der Waals surface area (Å²) in [6.07, 6.45) is 82.8. The van der Waals surface area contributed by atoms with Crippen LogP contribution in [0.15, 0.2) is 85.1 Å². The van der Waals surface area contributed by atoms with Crippen molar-refractivity contribution in [1.82, 2.24) is 5.32 Å². The van der Waals surface area contributed by atoms with E-state index in [1.54, 1.807) is 0 Å². The van der Waals surface area contributed by atoms with E-state index < -0.39 is 12.1 Å². The zero-order valence-corrected chi connectivity index (χ0v) is 43.9. The summed E-state index contributed by atoms with van der Waals surface area (Å²) in [5.41, 5.74) is 0. The first-order valence-corrected chi connectivity index (χ1v) is 28.8. The zero-order chi connectivity index (χ0) is 47.7. The smallest absolute Gasteiger partial charge is 0.220 e. The van der Waals surface area contributed by atoms with E-state index in [-0.39, 0.29) is 12.5 Å². The van der Waals surface area contributed by atoms with Crippen molar-refractivity contribution in [2.45, 2.75) is 296 Å². The Bertz CT molecular complexity index is 1180. The van der Waals surface area contributed by atoms with Crippen molar-refractivity contribution in [3.05, 3.63) is 85.1 Å². The summed E-state index contributed by atoms with van der Waals surface area (Å²) in [7, 11) is 0. The number of hydrogen-bond donors (Lipinski definition) is 3. The standard InChI is InChI=1S/C62H111NO3/c1-3-5-7-9-11-13-15-17-19-21-23-25-27-29-30-31-32-34-36-38-40-42-44-46-48-50-52-54-56-58-62(66)63-60(59-64)61(65)57-55-53-51-49-47-45-43-41-39-37-35-33-28-26-24-22-20-18-16-14-12-10-8-6-4-2/h5,7,11,13,17,19,23,25,29-30,32,34,38,40,60-61,64-65H,3-4,6,8-10,12,14-16,18,20-22,24,26-28,31,33,35-37,39,41-59H2,1-2H3,(H,63,66)/b7-5-,13-11-,19-17-,25-23-,30-29-,34-32-,40-38-. The lowest BCUT2D eigenvalue weighted by atomic mass is 10.0. The number of aliphatic hydroxyl groups is 2. The van der Waals surface area contributed by atoms with E-state index in [2.05, 4.69) is 104 Å². The molecule has 0 radical (unpaired) electrons. The molecule has 0 aliphatic rings. The maximum atomic E-state index is 12.5. The van der Waals surface area contributed by atoms with Crippen LogP contribution >= 0.6 is 0 Å². The highest BCUT2D eigenvalue weighted by molar-refractivity contribution is 5.76. The number of unbranched alkanes of at least 4 members (excludes halogenated alkanes) is 31. The van der Waals surface area contributed by atoms with E-state index in [0.717, 1.165) is 83.5 Å². The van der Waals surface area contributed by atoms with Crippen LogP contribution in [0.2, 0.25) is 0 Å². The molecule has 0 saturated heterocycles. The van der Waals surface area contributed by atoms with E-state index in [1.165, 1.54) is 173 Å². The van der Waals surface area contributed by atoms with Gasteiger partial charge in [0.1, 0.15) is 0 Å². The minimum absolute atomic E-state index is 0.0429. The Hall–Kier alpha value is -2.43. The highest BCUT2D eigenvalue weighted by atomic mass is 16.3. The third-order valence-electron chi connectivity index (χ3n) is 12.9. The number of amides is 1. The van der Waals surface area contributed by atoms with E-state index in [1.807, 2.05) is 0 Å². The number of nitrogens with one attached hydrogen (secondary N) is 1. The number of carbonyl (C=O) groups excluding carboxylic acids is 1. The second kappa shape index (κ2) is 56.9. The van der Waals surface area contributed by atoms with Crippen molar-refractivity contribution in [1.29, 1.82) is 0 Å². The van der Waals surface area contributed by atoms with Gasteiger partial charge >= 0.3 is 0 Å². The molecule has 0 saturated carbocycles. The molecule has 0 heterocycles. The summed E-state index contributed by atoms with van der Waals surface area (Å²) in [5.74, 6) is -0.0429. The van der Waals surface area contributed by atoms with E-state index in [9.17, 15) is 15.0 Å². The van der Waals surface area contributed by atoms with Gasteiger partial charge in [-0.25, -0.2) is 0 Å². The first kappa shape index (κ1) is 63.6. The van der Waals surface area contributed by atoms with Gasteiger partial charge in [0.15, 0.2) is 0 Å². The fourth-order valence-electron chi connectivity index (χ4n) is 8.58. The van der Waals surface area contributed by atoms with Gasteiger partial charge in [0.2, 0.25) is 5.91 Å². The molecule has 1 amide bonds. The average molecular weight is 919 g/mol. The third kappa shape index (κ3) is 52.5. The summed E-state index contributed by atoms with van der Waals surface area (Å²) < 4.78 is 0. The van der Waals surface area contributed by atoms with Crippen LogP contribution in [0.4, 0.5) is 0 Å². The Morgan fingerprint density at radius 1 is 0.379 bits per heavy atom. The van der Waals surface area contributed by atoms with Gasteiger partial charge in [-0.2, -0.15) is 0 Å². The molecule has 382 valence electrons. The summed E-state index contributed by atoms with van der Waals surface area (Å²) in [5, 5.41) is 23.4. The summed E-state index contributed by atoms with van der Waals surface area (Å²) in [6, 6.07) is -0.550. The van der Waals surface area contributed by atoms with Crippen molar-refractivity contribution in [3.63, 3.8) is 0 Å². The minimum Gasteiger partial charge on any atom is -0.394 e. The molecule has 3 N–H and O–H groups in total. The van der Waals surface area contributed by atoms with Crippen LogP contribution < -0.4 is 5.32 Å². The highest BCUT2D eigenvalue weighted by Gasteiger charge is 2.20. The lowest BCUT2D eigenvalue weighted by molar-refractivity contribution is -0.123. The molecule has 0 aromatic heterocycles. The first-order chi connectivity index (χ1) is 32.7. The van der Waals surface area contributed by atoms with E-state index >= 15 is 0 Å². The molecule has 0 aliphatic heterocycles. The van der Waals surface area contributed by atoms with Gasteiger partial charge in [-0.05, 0) is 70.6 Å². The lowest BCUT2D eigenvalue weighted by Gasteiger charge is -2.22. The quantitative estimate of drug-likeness (QED) is 0.0421. The zero-order valence-electron chi connectivity index (χ0n) is 43.9. The molecule has 0 rings (SSSR count). The van der Waals surface area contributed by atoms with Crippen molar-refractivity contribution in [2.75, 3.05) is 6.61 Å². The Balaban J connectivity index is 3.54. The number of hydrogen-bond acceptors (Lipinski definition) is 3. The summed E-state index contributed by atoms with van der Waals surface area (Å²) >= 11 is 0. The Labute approximate surface area is 411 Å². The molecule has 0 aromatic rings. The van der Waals surface area contributed by atoms with Gasteiger partial charge in [-0.3, -0.25) is 4.79 Å². The monoisotopic (exact) mass is 918 g/mol. The third-order valence-corrected chi connectivity index (χ3v) is 12.9. The second-order valence-electron chi connectivity index (χ2n) is 19.3. The number of allylic oxidation sites excluding steroid dienone is 14. The molecule has 0 fully saturated rings. The molecule has 4 nitrogen and oxygen atoms in total. The maximum absolute atomic E-state index is 12.5. The molecule has 0 spiro atoms. The van der Waals surface area contributed by atoms with Crippen LogP contribution in [0.25, 0.3) is 0 Å². The molecular formula is C62H111NO3. The molecule has 0 aliphatic carbocycles. The van der Waals surface area contributed by atoms with Crippen molar-refractivity contribution >= 4 is 5.91 Å². The van der Waals surface area contributed by atoms with Gasteiger partial charge in [0, 0.05) is 6.42 Å². The van der Waals surface area contributed by atoms with E-state index in [4.69, 9.17) is 0 Å². The molecule has 0 aromatic carbocycles. The Morgan fingerprint density at radius 2 is 0.667 bits per heavy atom. The van der Waals surface area contributed by atoms with Crippen LogP contribution in [-0.2, 0) is 4.79 Å². The molecule has 2 atom stereocenters. The first-order valence-electron chi connectivity index (χ1n) is 28.8. The average Bonchev–Trinajstić information content (AvgIpc) is 3.32. The fraction of sp³-hybridized carbons (Fsp3) is 0.758. The normalized spacial score (nSPS) is 13.5. The largest absolute Gasteiger partial charge is 0.394 e. The van der Waals surface area contributed by atoms with Gasteiger partial charge in [-0.1, -0.05) is 292 Å². The predicted molar refractivity (Wildman–Crippen MR) is 294 cm³/mol. The summed E-state index contributed by atoms with van der Waals surface area (Å²) in [4.78, 5) is 12.5. The van der Waals surface area contributed by atoms with Crippen LogP contribution in [0.1, 0.15) is 284 Å². The van der Waals surface area contributed by atoms with Crippen molar-refractivity contribution in [2.24, 2.45) is 0 Å². The number of aliphatic hydroxyl groups excluding tert-OH is 2. The summed E-state index contributed by atoms with van der Waals surface area (Å²) in [6.45, 7) is 4.26. The van der Waals surface area contributed by atoms with Crippen LogP contribution in [0.3, 0.4) is 0 Å². The lowest BCUT2D eigenvalue weighted by Crippen LogP contribution is -2.45. The topological polar surface area (TPSA) is 69.6 Å². The molecule has 66 heavy (non-hydrogen) atoms. The maximum Gasteiger partial charge on any atom is 0.220 e. The van der Waals surface area contributed by atoms with Crippen molar-refractivity contribution < 1.29 is 15.0 Å². The number of rotatable bonds is 52. The minimum atomic E-state index is -0.671. The van der Waals surface area contributed by atoms with Crippen LogP contribution in [-0.4, -0.2) is 34.9 Å². The Kier molecular flexibility index (Phi) is 54.8. The molecule has 2 unspecified atom stereocenters. The second-order valence-corrected chi connectivity index (χ2v) is 19.3. The molecule has 4 heteroatoms. The predicted octanol–water partition coefficient (Wildman–Crippen LogP) is 19.1.